The molecule has 0 bridgehead atoms. The van der Waals surface area contributed by atoms with Crippen molar-refractivity contribution in [2.75, 3.05) is 19.4 Å². The van der Waals surface area contributed by atoms with E-state index in [9.17, 15) is 13.2 Å². The molecule has 1 aliphatic carbocycles. The van der Waals surface area contributed by atoms with Gasteiger partial charge in [0.05, 0.1) is 11.4 Å². The van der Waals surface area contributed by atoms with Crippen molar-refractivity contribution >= 4 is 15.9 Å². The van der Waals surface area contributed by atoms with Gasteiger partial charge in [-0.25, -0.2) is 13.2 Å². The third-order valence-corrected chi connectivity index (χ3v) is 5.92. The first-order chi connectivity index (χ1) is 15.0. The highest BCUT2D eigenvalue weighted by molar-refractivity contribution is 7.90. The van der Waals surface area contributed by atoms with Crippen LogP contribution in [0.5, 0.6) is 5.75 Å². The molecule has 8 heteroatoms. The van der Waals surface area contributed by atoms with Crippen molar-refractivity contribution in [3.8, 4) is 16.9 Å². The van der Waals surface area contributed by atoms with Gasteiger partial charge in [0.25, 0.3) is 0 Å². The van der Waals surface area contributed by atoms with Crippen molar-refractivity contribution < 1.29 is 22.7 Å². The summed E-state index contributed by atoms with van der Waals surface area (Å²) in [5, 5.41) is 6.19. The minimum absolute atomic E-state index is 0.289. The van der Waals surface area contributed by atoms with Crippen LogP contribution in [0.2, 0.25) is 0 Å². The molecule has 0 spiro atoms. The Labute approximate surface area is 190 Å². The average Bonchev–Trinajstić information content (AvgIpc) is 3.52. The summed E-state index contributed by atoms with van der Waals surface area (Å²) in [6.45, 7) is 6.78. The molecule has 0 aliphatic heterocycles. The smallest absolute Gasteiger partial charge is 0.407 e. The van der Waals surface area contributed by atoms with Crippen molar-refractivity contribution in [3.63, 3.8) is 0 Å². The quantitative estimate of drug-likeness (QED) is 0.551. The van der Waals surface area contributed by atoms with Crippen LogP contribution in [0.3, 0.4) is 0 Å². The summed E-state index contributed by atoms with van der Waals surface area (Å²) in [4.78, 5) is 12.1. The monoisotopic (exact) mass is 460 g/mol. The number of rotatable bonds is 9. The van der Waals surface area contributed by atoms with Gasteiger partial charge in [0.2, 0.25) is 0 Å². The van der Waals surface area contributed by atoms with Gasteiger partial charge in [0, 0.05) is 18.8 Å². The number of sulfone groups is 1. The summed E-state index contributed by atoms with van der Waals surface area (Å²) >= 11 is 0. The first-order valence-electron chi connectivity index (χ1n) is 10.8. The third-order valence-electron chi connectivity index (χ3n) is 4.79. The predicted molar refractivity (Wildman–Crippen MR) is 125 cm³/mol. The summed E-state index contributed by atoms with van der Waals surface area (Å²) in [6.07, 6.45) is 3.12. The molecule has 0 radical (unpaired) electrons. The van der Waals surface area contributed by atoms with E-state index in [1.807, 2.05) is 32.9 Å². The lowest BCUT2D eigenvalue weighted by atomic mass is 10.0. The molecule has 0 unspecified atom stereocenters. The average molecular weight is 461 g/mol. The molecule has 2 aromatic rings. The van der Waals surface area contributed by atoms with E-state index in [-0.39, 0.29) is 4.90 Å². The van der Waals surface area contributed by atoms with Crippen LogP contribution in [0.15, 0.2) is 47.4 Å². The van der Waals surface area contributed by atoms with Crippen LogP contribution in [0.4, 0.5) is 4.79 Å². The lowest BCUT2D eigenvalue weighted by Gasteiger charge is -2.19. The first kappa shape index (κ1) is 24.1. The minimum Gasteiger partial charge on any atom is -0.492 e. The fourth-order valence-corrected chi connectivity index (χ4v) is 3.72. The normalized spacial score (nSPS) is 14.1. The molecule has 0 atom stereocenters. The summed E-state index contributed by atoms with van der Waals surface area (Å²) in [5.74, 6) is 0.688. The number of amides is 1. The topological polar surface area (TPSA) is 93.7 Å². The first-order valence-corrected chi connectivity index (χ1v) is 12.7. The highest BCUT2D eigenvalue weighted by Gasteiger charge is 2.20. The Morgan fingerprint density at radius 2 is 1.75 bits per heavy atom. The van der Waals surface area contributed by atoms with E-state index >= 15 is 0 Å². The second-order valence-corrected chi connectivity index (χ2v) is 11.1. The van der Waals surface area contributed by atoms with Gasteiger partial charge in [0.1, 0.15) is 18.0 Å². The van der Waals surface area contributed by atoms with E-state index in [4.69, 9.17) is 9.47 Å². The lowest BCUT2D eigenvalue weighted by Crippen LogP contribution is -2.34. The molecule has 2 N–H and O–H groups in total. The standard InChI is InChI=1S/C24H32N2O5S/c1-24(2,3)31-23(27)25-11-12-30-21-14-17(16-26-20-7-8-20)13-19(15-21)18-5-9-22(10-6-18)32(4,28)29/h5-6,9-10,13-15,20,26H,7-8,11-12,16H2,1-4H3,(H,25,27). The molecule has 1 saturated carbocycles. The number of hydrogen-bond acceptors (Lipinski definition) is 6. The Morgan fingerprint density at radius 1 is 1.06 bits per heavy atom. The summed E-state index contributed by atoms with van der Waals surface area (Å²) in [6, 6.07) is 13.4. The van der Waals surface area contributed by atoms with Crippen LogP contribution < -0.4 is 15.4 Å². The zero-order valence-corrected chi connectivity index (χ0v) is 19.9. The molecule has 2 aromatic carbocycles. The van der Waals surface area contributed by atoms with Gasteiger partial charge >= 0.3 is 6.09 Å². The van der Waals surface area contributed by atoms with Crippen molar-refractivity contribution in [2.24, 2.45) is 0 Å². The van der Waals surface area contributed by atoms with E-state index < -0.39 is 21.5 Å². The number of nitrogens with one attached hydrogen (secondary N) is 2. The summed E-state index contributed by atoms with van der Waals surface area (Å²) in [7, 11) is -3.24. The van der Waals surface area contributed by atoms with Crippen LogP contribution in [-0.4, -0.2) is 45.6 Å². The number of carbonyl (C=O) groups excluding carboxylic acids is 1. The molecular formula is C24H32N2O5S. The Hall–Kier alpha value is -2.58. The molecule has 7 nitrogen and oxygen atoms in total. The van der Waals surface area contributed by atoms with Crippen molar-refractivity contribution in [3.05, 3.63) is 48.0 Å². The number of alkyl carbamates (subject to hydrolysis) is 1. The molecule has 1 fully saturated rings. The molecule has 1 aliphatic rings. The Bertz CT molecular complexity index is 1040. The Balaban J connectivity index is 1.69. The molecule has 0 aromatic heterocycles. The van der Waals surface area contributed by atoms with Crippen molar-refractivity contribution in [1.29, 1.82) is 0 Å². The Kier molecular flexibility index (Phi) is 7.46. The number of ether oxygens (including phenoxy) is 2. The SMILES string of the molecule is CC(C)(C)OC(=O)NCCOc1cc(CNC2CC2)cc(-c2ccc(S(C)(=O)=O)cc2)c1. The van der Waals surface area contributed by atoms with Gasteiger partial charge in [-0.3, -0.25) is 0 Å². The highest BCUT2D eigenvalue weighted by atomic mass is 32.2. The number of benzene rings is 2. The lowest BCUT2D eigenvalue weighted by molar-refractivity contribution is 0.0520. The summed E-state index contributed by atoms with van der Waals surface area (Å²) in [5.41, 5.74) is 2.38. The van der Waals surface area contributed by atoms with Crippen molar-refractivity contribution in [2.45, 2.75) is 56.7 Å². The maximum absolute atomic E-state index is 11.8. The molecule has 32 heavy (non-hydrogen) atoms. The van der Waals surface area contributed by atoms with E-state index in [0.29, 0.717) is 24.9 Å². The van der Waals surface area contributed by atoms with Crippen LogP contribution >= 0.6 is 0 Å². The maximum atomic E-state index is 11.8. The number of hydrogen-bond donors (Lipinski definition) is 2. The van der Waals surface area contributed by atoms with Gasteiger partial charge in [-0.15, -0.1) is 0 Å². The molecular weight excluding hydrogens is 428 g/mol. The molecule has 174 valence electrons. The molecule has 1 amide bonds. The largest absolute Gasteiger partial charge is 0.492 e. The van der Waals surface area contributed by atoms with Crippen LogP contribution in [-0.2, 0) is 21.1 Å². The molecule has 3 rings (SSSR count). The van der Waals surface area contributed by atoms with Gasteiger partial charge in [-0.05, 0) is 80.6 Å². The van der Waals surface area contributed by atoms with Crippen LogP contribution in [0.25, 0.3) is 11.1 Å². The van der Waals surface area contributed by atoms with E-state index in [0.717, 1.165) is 23.2 Å². The number of carbonyl (C=O) groups is 1. The van der Waals surface area contributed by atoms with Gasteiger partial charge in [-0.2, -0.15) is 0 Å². The van der Waals surface area contributed by atoms with Gasteiger partial charge < -0.3 is 20.1 Å². The minimum atomic E-state index is -3.24. The highest BCUT2D eigenvalue weighted by Crippen LogP contribution is 2.28. The van der Waals surface area contributed by atoms with Gasteiger partial charge in [0.15, 0.2) is 9.84 Å². The zero-order valence-electron chi connectivity index (χ0n) is 19.1. The van der Waals surface area contributed by atoms with Gasteiger partial charge in [-0.1, -0.05) is 12.1 Å². The van der Waals surface area contributed by atoms with Crippen LogP contribution in [0, 0.1) is 0 Å². The zero-order chi connectivity index (χ0) is 23.4. The van der Waals surface area contributed by atoms with E-state index in [1.54, 1.807) is 24.3 Å². The maximum Gasteiger partial charge on any atom is 0.407 e. The molecule has 0 heterocycles. The predicted octanol–water partition coefficient (Wildman–Crippen LogP) is 3.91. The Morgan fingerprint density at radius 3 is 2.34 bits per heavy atom. The van der Waals surface area contributed by atoms with Crippen LogP contribution in [0.1, 0.15) is 39.2 Å². The fraction of sp³-hybridized carbons (Fsp3) is 0.458. The summed E-state index contributed by atoms with van der Waals surface area (Å²) < 4.78 is 34.6. The van der Waals surface area contributed by atoms with Crippen molar-refractivity contribution in [1.82, 2.24) is 10.6 Å². The molecule has 0 saturated heterocycles. The fourth-order valence-electron chi connectivity index (χ4n) is 3.09. The van der Waals surface area contributed by atoms with E-state index in [1.165, 1.54) is 19.1 Å². The second kappa shape index (κ2) is 9.92. The third kappa shape index (κ3) is 7.84. The van der Waals surface area contributed by atoms with E-state index in [2.05, 4.69) is 16.7 Å². The second-order valence-electron chi connectivity index (χ2n) is 9.09.